The smallest absolute Gasteiger partial charge is 0.243 e. The normalized spacial score (nSPS) is 16.4. The molecule has 2 rings (SSSR count). The molecule has 0 heterocycles. The molecule has 0 amide bonds. The molecular weight excluding hydrogens is 288 g/mol. The first kappa shape index (κ1) is 15.3. The molecule has 0 saturated heterocycles. The lowest BCUT2D eigenvalue weighted by Crippen LogP contribution is -2.44. The molecule has 7 heteroatoms. The minimum atomic E-state index is -3.94. The molecule has 20 heavy (non-hydrogen) atoms. The Labute approximate surface area is 117 Å². The molecule has 0 atom stereocenters. The van der Waals surface area contributed by atoms with Crippen molar-refractivity contribution in [3.8, 4) is 0 Å². The Hall–Kier alpha value is -1.05. The Morgan fingerprint density at radius 3 is 2.25 bits per heavy atom. The Morgan fingerprint density at radius 1 is 1.20 bits per heavy atom. The maximum atomic E-state index is 13.2. The second kappa shape index (κ2) is 6.15. The van der Waals surface area contributed by atoms with E-state index in [1.165, 1.54) is 4.31 Å². The minimum absolute atomic E-state index is 0.129. The van der Waals surface area contributed by atoms with Crippen LogP contribution in [0.2, 0.25) is 0 Å². The van der Waals surface area contributed by atoms with E-state index in [0.717, 1.165) is 31.4 Å². The molecule has 0 bridgehead atoms. The van der Waals surface area contributed by atoms with Gasteiger partial charge in [0, 0.05) is 25.3 Å². The highest BCUT2D eigenvalue weighted by molar-refractivity contribution is 7.89. The fraction of sp³-hybridized carbons (Fsp3) is 0.538. The Bertz CT molecular complexity index is 553. The van der Waals surface area contributed by atoms with Crippen molar-refractivity contribution < 1.29 is 22.3 Å². The van der Waals surface area contributed by atoms with Gasteiger partial charge >= 0.3 is 0 Å². The van der Waals surface area contributed by atoms with E-state index in [0.29, 0.717) is 12.5 Å². The zero-order valence-electron chi connectivity index (χ0n) is 10.9. The molecular formula is C13H17F2NO3S. The third-order valence-electron chi connectivity index (χ3n) is 3.46. The fourth-order valence-corrected chi connectivity index (χ4v) is 3.98. The lowest BCUT2D eigenvalue weighted by atomic mass is 9.93. The van der Waals surface area contributed by atoms with Gasteiger partial charge in [0.05, 0.1) is 4.90 Å². The first-order chi connectivity index (χ1) is 9.45. The van der Waals surface area contributed by atoms with Crippen LogP contribution in [0.5, 0.6) is 0 Å². The highest BCUT2D eigenvalue weighted by Gasteiger charge is 2.34. The summed E-state index contributed by atoms with van der Waals surface area (Å²) < 4.78 is 52.6. The highest BCUT2D eigenvalue weighted by atomic mass is 32.2. The van der Waals surface area contributed by atoms with Crippen molar-refractivity contribution in [1.29, 1.82) is 0 Å². The van der Waals surface area contributed by atoms with Gasteiger partial charge in [0.15, 0.2) is 0 Å². The van der Waals surface area contributed by atoms with E-state index in [1.807, 2.05) is 0 Å². The Morgan fingerprint density at radius 2 is 1.80 bits per heavy atom. The van der Waals surface area contributed by atoms with Gasteiger partial charge in [0.2, 0.25) is 10.0 Å². The van der Waals surface area contributed by atoms with Crippen LogP contribution in [-0.4, -0.2) is 37.0 Å². The quantitative estimate of drug-likeness (QED) is 0.873. The van der Waals surface area contributed by atoms with Gasteiger partial charge in [-0.05, 0) is 31.4 Å². The summed E-state index contributed by atoms with van der Waals surface area (Å²) >= 11 is 0. The number of aliphatic hydroxyl groups excluding tert-OH is 1. The first-order valence-corrected chi connectivity index (χ1v) is 7.98. The second-order valence-electron chi connectivity index (χ2n) is 4.88. The molecule has 1 aliphatic carbocycles. The number of halogens is 2. The summed E-state index contributed by atoms with van der Waals surface area (Å²) in [5, 5.41) is 8.87. The summed E-state index contributed by atoms with van der Waals surface area (Å²) in [6.07, 6.45) is 2.71. The van der Waals surface area contributed by atoms with E-state index >= 15 is 0 Å². The number of sulfonamides is 1. The molecule has 0 aromatic heterocycles. The molecule has 1 aromatic carbocycles. The summed E-state index contributed by atoms with van der Waals surface area (Å²) in [5.74, 6) is -1.83. The molecule has 1 saturated carbocycles. The van der Waals surface area contributed by atoms with Crippen molar-refractivity contribution in [3.63, 3.8) is 0 Å². The predicted molar refractivity (Wildman–Crippen MR) is 69.6 cm³/mol. The average molecular weight is 305 g/mol. The largest absolute Gasteiger partial charge is 0.396 e. The number of hydrogen-bond donors (Lipinski definition) is 1. The molecule has 4 nitrogen and oxygen atoms in total. The van der Waals surface area contributed by atoms with E-state index < -0.39 is 21.7 Å². The molecule has 0 spiro atoms. The Balaban J connectivity index is 2.33. The summed E-state index contributed by atoms with van der Waals surface area (Å²) in [4.78, 5) is -0.375. The highest BCUT2D eigenvalue weighted by Crippen LogP contribution is 2.30. The van der Waals surface area contributed by atoms with Crippen LogP contribution in [0.3, 0.4) is 0 Å². The molecule has 1 N–H and O–H groups in total. The van der Waals surface area contributed by atoms with Gasteiger partial charge in [0.1, 0.15) is 11.6 Å². The zero-order valence-corrected chi connectivity index (χ0v) is 11.7. The first-order valence-electron chi connectivity index (χ1n) is 6.54. The average Bonchev–Trinajstić information content (AvgIpc) is 2.30. The predicted octanol–water partition coefficient (Wildman–Crippen LogP) is 1.89. The lowest BCUT2D eigenvalue weighted by Gasteiger charge is -2.36. The van der Waals surface area contributed by atoms with Crippen LogP contribution < -0.4 is 0 Å². The molecule has 0 aliphatic heterocycles. The van der Waals surface area contributed by atoms with Gasteiger partial charge in [-0.3, -0.25) is 0 Å². The third kappa shape index (κ3) is 3.16. The summed E-state index contributed by atoms with van der Waals surface area (Å²) in [7, 11) is -3.94. The zero-order chi connectivity index (χ0) is 14.8. The topological polar surface area (TPSA) is 57.6 Å². The van der Waals surface area contributed by atoms with Gasteiger partial charge in [0.25, 0.3) is 0 Å². The maximum Gasteiger partial charge on any atom is 0.243 e. The van der Waals surface area contributed by atoms with Gasteiger partial charge in [-0.2, -0.15) is 4.31 Å². The van der Waals surface area contributed by atoms with Gasteiger partial charge in [-0.1, -0.05) is 6.42 Å². The summed E-state index contributed by atoms with van der Waals surface area (Å²) in [5.41, 5.74) is 0. The standard InChI is InChI=1S/C13H17F2NO3S/c14-10-7-11(15)9-13(8-10)20(18,19)16(5-2-6-17)12-3-1-4-12/h7-9,12,17H,1-6H2. The second-order valence-corrected chi connectivity index (χ2v) is 6.77. The number of benzene rings is 1. The van der Waals surface area contributed by atoms with E-state index in [-0.39, 0.29) is 24.1 Å². The van der Waals surface area contributed by atoms with Crippen molar-refractivity contribution in [2.24, 2.45) is 0 Å². The Kier molecular flexibility index (Phi) is 4.72. The SMILES string of the molecule is O=S(=O)(c1cc(F)cc(F)c1)N(CCCO)C1CCC1. The van der Waals surface area contributed by atoms with Crippen LogP contribution in [0.25, 0.3) is 0 Å². The van der Waals surface area contributed by atoms with Gasteiger partial charge in [-0.15, -0.1) is 0 Å². The van der Waals surface area contributed by atoms with Crippen LogP contribution >= 0.6 is 0 Å². The van der Waals surface area contributed by atoms with Crippen LogP contribution in [-0.2, 0) is 10.0 Å². The molecule has 0 radical (unpaired) electrons. The number of aliphatic hydroxyl groups is 1. The number of nitrogens with zero attached hydrogens (tertiary/aromatic N) is 1. The van der Waals surface area contributed by atoms with Crippen LogP contribution in [0.1, 0.15) is 25.7 Å². The van der Waals surface area contributed by atoms with Crippen LogP contribution in [0, 0.1) is 11.6 Å². The van der Waals surface area contributed by atoms with Crippen LogP contribution in [0.4, 0.5) is 8.78 Å². The van der Waals surface area contributed by atoms with Gasteiger partial charge in [-0.25, -0.2) is 17.2 Å². The third-order valence-corrected chi connectivity index (χ3v) is 5.39. The van der Waals surface area contributed by atoms with E-state index in [4.69, 9.17) is 5.11 Å². The molecule has 0 unspecified atom stereocenters. The maximum absolute atomic E-state index is 13.2. The van der Waals surface area contributed by atoms with E-state index in [2.05, 4.69) is 0 Å². The summed E-state index contributed by atoms with van der Waals surface area (Å²) in [6, 6.07) is 2.14. The van der Waals surface area contributed by atoms with Crippen molar-refractivity contribution >= 4 is 10.0 Å². The number of hydrogen-bond acceptors (Lipinski definition) is 3. The molecule has 1 aliphatic rings. The lowest BCUT2D eigenvalue weighted by molar-refractivity contribution is 0.198. The van der Waals surface area contributed by atoms with Crippen molar-refractivity contribution in [3.05, 3.63) is 29.8 Å². The van der Waals surface area contributed by atoms with Crippen LogP contribution in [0.15, 0.2) is 23.1 Å². The van der Waals surface area contributed by atoms with E-state index in [9.17, 15) is 17.2 Å². The van der Waals surface area contributed by atoms with Crippen molar-refractivity contribution in [2.45, 2.75) is 36.6 Å². The van der Waals surface area contributed by atoms with Crippen molar-refractivity contribution in [1.82, 2.24) is 4.31 Å². The fourth-order valence-electron chi connectivity index (χ4n) is 2.21. The summed E-state index contributed by atoms with van der Waals surface area (Å²) in [6.45, 7) is 0.0257. The molecule has 1 aromatic rings. The number of rotatable bonds is 6. The van der Waals surface area contributed by atoms with E-state index in [1.54, 1.807) is 0 Å². The van der Waals surface area contributed by atoms with Gasteiger partial charge < -0.3 is 5.11 Å². The molecule has 112 valence electrons. The minimum Gasteiger partial charge on any atom is -0.396 e. The van der Waals surface area contributed by atoms with Crippen molar-refractivity contribution in [2.75, 3.05) is 13.2 Å². The monoisotopic (exact) mass is 305 g/mol. The molecule has 1 fully saturated rings.